The number of carbonyl (C=O) groups excluding carboxylic acids is 3. The molecule has 0 rings (SSSR count). The van der Waals surface area contributed by atoms with Crippen molar-refractivity contribution in [1.29, 1.82) is 0 Å². The molecule has 0 saturated heterocycles. The summed E-state index contributed by atoms with van der Waals surface area (Å²) < 4.78 is 11.3. The van der Waals surface area contributed by atoms with Gasteiger partial charge in [-0.2, -0.15) is 0 Å². The molecule has 0 aliphatic heterocycles. The van der Waals surface area contributed by atoms with Crippen LogP contribution in [0.4, 0.5) is 0 Å². The summed E-state index contributed by atoms with van der Waals surface area (Å²) in [7, 11) is 0. The molecule has 1 N–H and O–H groups in total. The van der Waals surface area contributed by atoms with Crippen molar-refractivity contribution in [2.24, 2.45) is 17.8 Å². The van der Waals surface area contributed by atoms with Gasteiger partial charge >= 0.3 is 11.9 Å². The first kappa shape index (κ1) is 43.1. The van der Waals surface area contributed by atoms with E-state index in [1.807, 2.05) is 0 Å². The molecule has 0 aromatic rings. The first-order valence-electron chi connectivity index (χ1n) is 19.1. The maximum atomic E-state index is 13.0. The number of unbranched alkanes of at least 4 members (excludes halogenated alkanes) is 13. The highest BCUT2D eigenvalue weighted by atomic mass is 16.5. The fourth-order valence-electron chi connectivity index (χ4n) is 5.51. The second-order valence-corrected chi connectivity index (χ2v) is 13.2. The van der Waals surface area contributed by atoms with Gasteiger partial charge < -0.3 is 14.8 Å². The molecule has 0 spiro atoms. The lowest BCUT2D eigenvalue weighted by Gasteiger charge is -2.20. The molecule has 0 aliphatic rings. The van der Waals surface area contributed by atoms with Gasteiger partial charge in [0.15, 0.2) is 0 Å². The number of hydrogen-bond donors (Lipinski definition) is 1. The number of nitrogens with one attached hydrogen (secondary N) is 1. The first-order valence-corrected chi connectivity index (χ1v) is 19.1. The van der Waals surface area contributed by atoms with Crippen LogP contribution >= 0.6 is 0 Å². The van der Waals surface area contributed by atoms with Crippen molar-refractivity contribution < 1.29 is 23.9 Å². The molecule has 0 heterocycles. The van der Waals surface area contributed by atoms with Crippen molar-refractivity contribution in [1.82, 2.24) is 5.32 Å². The Hall–Kier alpha value is -1.85. The average Bonchev–Trinajstić information content (AvgIpc) is 3.04. The van der Waals surface area contributed by atoms with E-state index < -0.39 is 17.9 Å². The molecule has 6 nitrogen and oxygen atoms in total. The highest BCUT2D eigenvalue weighted by Crippen LogP contribution is 2.17. The summed E-state index contributed by atoms with van der Waals surface area (Å²) in [6.07, 6.45) is 29.3. The van der Waals surface area contributed by atoms with E-state index in [9.17, 15) is 14.4 Å². The van der Waals surface area contributed by atoms with Crippen molar-refractivity contribution >= 4 is 17.8 Å². The Morgan fingerprint density at radius 3 is 1.62 bits per heavy atom. The monoisotopic (exact) mass is 636 g/mol. The lowest BCUT2D eigenvalue weighted by Crippen LogP contribution is -2.36. The number of allylic oxidation sites excluding steroid dienone is 2. The molecule has 3 unspecified atom stereocenters. The Labute approximate surface area is 278 Å². The Morgan fingerprint density at radius 2 is 1.09 bits per heavy atom. The largest absolute Gasteiger partial charge is 0.465 e. The zero-order valence-corrected chi connectivity index (χ0v) is 30.3. The van der Waals surface area contributed by atoms with Gasteiger partial charge in [0.1, 0.15) is 0 Å². The van der Waals surface area contributed by atoms with Crippen LogP contribution in [0.2, 0.25) is 0 Å². The fraction of sp³-hybridized carbons (Fsp3) is 0.872. The molecule has 45 heavy (non-hydrogen) atoms. The Kier molecular flexibility index (Phi) is 30.8. The van der Waals surface area contributed by atoms with Gasteiger partial charge in [0, 0.05) is 13.0 Å². The van der Waals surface area contributed by atoms with Crippen molar-refractivity contribution in [3.05, 3.63) is 12.2 Å². The van der Waals surface area contributed by atoms with E-state index in [0.29, 0.717) is 31.5 Å². The van der Waals surface area contributed by atoms with Gasteiger partial charge in [-0.25, -0.2) is 0 Å². The van der Waals surface area contributed by atoms with Gasteiger partial charge in [0.25, 0.3) is 0 Å². The molecule has 0 radical (unpaired) electrons. The first-order chi connectivity index (χ1) is 21.9. The van der Waals surface area contributed by atoms with E-state index in [1.54, 1.807) is 0 Å². The van der Waals surface area contributed by atoms with E-state index >= 15 is 0 Å². The van der Waals surface area contributed by atoms with Gasteiger partial charge in [0.05, 0.1) is 25.6 Å². The predicted octanol–water partition coefficient (Wildman–Crippen LogP) is 10.7. The molecule has 264 valence electrons. The number of esters is 2. The molecule has 0 aromatic carbocycles. The fourth-order valence-corrected chi connectivity index (χ4v) is 5.51. The minimum absolute atomic E-state index is 0.0670. The normalized spacial score (nSPS) is 13.4. The Morgan fingerprint density at radius 1 is 0.600 bits per heavy atom. The summed E-state index contributed by atoms with van der Waals surface area (Å²) in [6.45, 7) is 11.7. The Balaban J connectivity index is 4.47. The van der Waals surface area contributed by atoms with Crippen LogP contribution in [-0.4, -0.2) is 37.6 Å². The standard InChI is InChI=1S/C39H73NO5/c1-6-11-14-15-16-17-18-19-20-21-22-23-24-25-26-29-37(41)40-31-36(39(43)45-33-35(10-5)28-13-8-3)30-38(42)44-32-34(9-4)27-12-7-2/h19-20,34-36H,6-18,21-33H2,1-5H3,(H,40,41). The summed E-state index contributed by atoms with van der Waals surface area (Å²) in [5.74, 6) is -0.943. The average molecular weight is 636 g/mol. The minimum Gasteiger partial charge on any atom is -0.465 e. The molecule has 6 heteroatoms. The van der Waals surface area contributed by atoms with Crippen molar-refractivity contribution in [2.45, 2.75) is 182 Å². The highest BCUT2D eigenvalue weighted by molar-refractivity contribution is 5.81. The lowest BCUT2D eigenvalue weighted by molar-refractivity contribution is -0.156. The molecule has 0 saturated carbocycles. The van der Waals surface area contributed by atoms with E-state index in [4.69, 9.17) is 9.47 Å². The number of ether oxygens (including phenoxy) is 2. The van der Waals surface area contributed by atoms with Gasteiger partial charge in [-0.15, -0.1) is 0 Å². The van der Waals surface area contributed by atoms with Gasteiger partial charge in [-0.1, -0.05) is 137 Å². The zero-order valence-electron chi connectivity index (χ0n) is 30.3. The molecule has 0 fully saturated rings. The predicted molar refractivity (Wildman–Crippen MR) is 189 cm³/mol. The van der Waals surface area contributed by atoms with Crippen molar-refractivity contribution in [2.75, 3.05) is 19.8 Å². The molecule has 3 atom stereocenters. The second-order valence-electron chi connectivity index (χ2n) is 13.2. The smallest absolute Gasteiger partial charge is 0.311 e. The molecule has 0 aliphatic carbocycles. The lowest BCUT2D eigenvalue weighted by atomic mass is 10.00. The van der Waals surface area contributed by atoms with Gasteiger partial charge in [0.2, 0.25) is 5.91 Å². The third-order valence-electron chi connectivity index (χ3n) is 8.99. The summed E-state index contributed by atoms with van der Waals surface area (Å²) in [4.78, 5) is 38.3. The topological polar surface area (TPSA) is 81.7 Å². The van der Waals surface area contributed by atoms with Crippen LogP contribution in [0.25, 0.3) is 0 Å². The summed E-state index contributed by atoms with van der Waals surface area (Å²) in [6, 6.07) is 0. The molecule has 1 amide bonds. The van der Waals surface area contributed by atoms with Crippen LogP contribution in [0.15, 0.2) is 12.2 Å². The van der Waals surface area contributed by atoms with Crippen molar-refractivity contribution in [3.63, 3.8) is 0 Å². The van der Waals surface area contributed by atoms with E-state index in [-0.39, 0.29) is 18.9 Å². The SMILES string of the molecule is CCCCCCCCC=CCCCCCCCC(=O)NCC(CC(=O)OCC(CC)CCCC)C(=O)OCC(CC)CCCC. The number of carbonyl (C=O) groups is 3. The summed E-state index contributed by atoms with van der Waals surface area (Å²) in [5, 5.41) is 2.90. The molecule has 0 aromatic heterocycles. The maximum absolute atomic E-state index is 13.0. The third kappa shape index (κ3) is 27.0. The van der Waals surface area contributed by atoms with Gasteiger partial charge in [-0.05, 0) is 56.8 Å². The van der Waals surface area contributed by atoms with E-state index in [0.717, 1.165) is 77.0 Å². The van der Waals surface area contributed by atoms with Crippen LogP contribution in [0.5, 0.6) is 0 Å². The van der Waals surface area contributed by atoms with Crippen LogP contribution in [0.3, 0.4) is 0 Å². The Bertz CT molecular complexity index is 737. The molecular weight excluding hydrogens is 562 g/mol. The molecule has 0 bridgehead atoms. The van der Waals surface area contributed by atoms with Gasteiger partial charge in [-0.3, -0.25) is 14.4 Å². The second kappa shape index (κ2) is 32.1. The zero-order chi connectivity index (χ0) is 33.4. The van der Waals surface area contributed by atoms with E-state index in [1.165, 1.54) is 57.8 Å². The highest BCUT2D eigenvalue weighted by Gasteiger charge is 2.26. The van der Waals surface area contributed by atoms with Crippen LogP contribution in [0.1, 0.15) is 182 Å². The summed E-state index contributed by atoms with van der Waals surface area (Å²) in [5.41, 5.74) is 0. The van der Waals surface area contributed by atoms with E-state index in [2.05, 4.69) is 52.1 Å². The van der Waals surface area contributed by atoms with Crippen molar-refractivity contribution in [3.8, 4) is 0 Å². The van der Waals surface area contributed by atoms with Crippen LogP contribution in [0, 0.1) is 17.8 Å². The number of hydrogen-bond acceptors (Lipinski definition) is 5. The van der Waals surface area contributed by atoms with Crippen LogP contribution < -0.4 is 5.32 Å². The molecular formula is C39H73NO5. The van der Waals surface area contributed by atoms with Crippen LogP contribution in [-0.2, 0) is 23.9 Å². The number of rotatable bonds is 32. The third-order valence-corrected chi connectivity index (χ3v) is 8.99. The number of amides is 1. The summed E-state index contributed by atoms with van der Waals surface area (Å²) >= 11 is 0. The minimum atomic E-state index is -0.727. The maximum Gasteiger partial charge on any atom is 0.311 e. The quantitative estimate of drug-likeness (QED) is 0.0452.